The van der Waals surface area contributed by atoms with Crippen molar-refractivity contribution in [2.45, 2.75) is 19.4 Å². The van der Waals surface area contributed by atoms with Crippen molar-refractivity contribution in [1.29, 1.82) is 0 Å². The molecule has 1 atom stereocenters. The molecule has 3 rings (SSSR count). The van der Waals surface area contributed by atoms with E-state index in [9.17, 15) is 0 Å². The predicted molar refractivity (Wildman–Crippen MR) is 82.4 cm³/mol. The summed E-state index contributed by atoms with van der Waals surface area (Å²) >= 11 is 0. The molecule has 0 aromatic heterocycles. The number of morpholine rings is 1. The quantitative estimate of drug-likeness (QED) is 0.919. The minimum atomic E-state index is 0.245. The van der Waals surface area contributed by atoms with Crippen molar-refractivity contribution in [3.63, 3.8) is 0 Å². The minimum absolute atomic E-state index is 0.245. The van der Waals surface area contributed by atoms with Crippen LogP contribution in [0.1, 0.15) is 13.3 Å². The molecule has 0 bridgehead atoms. The molecule has 2 heterocycles. The van der Waals surface area contributed by atoms with Gasteiger partial charge in [0.2, 0.25) is 0 Å². The molecule has 1 N–H and O–H groups in total. The molecule has 1 unspecified atom stereocenters. The number of rotatable bonds is 4. The van der Waals surface area contributed by atoms with Gasteiger partial charge in [0.1, 0.15) is 0 Å². The van der Waals surface area contributed by atoms with Gasteiger partial charge in [-0.2, -0.15) is 0 Å². The number of fused-ring (bicyclic) bond motifs is 1. The number of nitrogens with one attached hydrogen (secondary N) is 1. The van der Waals surface area contributed by atoms with Gasteiger partial charge in [0.15, 0.2) is 11.5 Å². The summed E-state index contributed by atoms with van der Waals surface area (Å²) in [6.45, 7) is 8.39. The van der Waals surface area contributed by atoms with Crippen molar-refractivity contribution in [2.75, 3.05) is 51.3 Å². The molecule has 21 heavy (non-hydrogen) atoms. The Morgan fingerprint density at radius 1 is 1.19 bits per heavy atom. The van der Waals surface area contributed by atoms with Crippen LogP contribution in [0.5, 0.6) is 11.5 Å². The van der Waals surface area contributed by atoms with Gasteiger partial charge in [-0.25, -0.2) is 0 Å². The molecule has 0 spiro atoms. The SMILES string of the molecule is CCN1CCOC(CNc2ccc3c(c2)OCCCO3)C1. The number of benzene rings is 1. The molecule has 0 amide bonds. The second kappa shape index (κ2) is 7.00. The summed E-state index contributed by atoms with van der Waals surface area (Å²) in [7, 11) is 0. The molecule has 5 heteroatoms. The van der Waals surface area contributed by atoms with Crippen LogP contribution in [0.15, 0.2) is 18.2 Å². The van der Waals surface area contributed by atoms with Gasteiger partial charge in [0.05, 0.1) is 25.9 Å². The maximum Gasteiger partial charge on any atom is 0.163 e. The van der Waals surface area contributed by atoms with Crippen LogP contribution in [0.25, 0.3) is 0 Å². The first-order valence-corrected chi connectivity index (χ1v) is 7.82. The zero-order chi connectivity index (χ0) is 14.5. The van der Waals surface area contributed by atoms with Crippen LogP contribution in [0.4, 0.5) is 5.69 Å². The second-order valence-electron chi connectivity index (χ2n) is 5.48. The van der Waals surface area contributed by atoms with Crippen LogP contribution < -0.4 is 14.8 Å². The minimum Gasteiger partial charge on any atom is -0.490 e. The monoisotopic (exact) mass is 292 g/mol. The molecule has 1 aromatic rings. The third kappa shape index (κ3) is 3.80. The first-order chi connectivity index (χ1) is 10.3. The van der Waals surface area contributed by atoms with E-state index in [1.807, 2.05) is 18.2 Å². The van der Waals surface area contributed by atoms with Crippen molar-refractivity contribution in [2.24, 2.45) is 0 Å². The Kier molecular flexibility index (Phi) is 4.83. The topological polar surface area (TPSA) is 43.0 Å². The first-order valence-electron chi connectivity index (χ1n) is 7.82. The lowest BCUT2D eigenvalue weighted by atomic mass is 10.2. The lowest BCUT2D eigenvalue weighted by Gasteiger charge is -2.32. The summed E-state index contributed by atoms with van der Waals surface area (Å²) in [6, 6.07) is 6.03. The maximum atomic E-state index is 5.80. The Labute approximate surface area is 126 Å². The average molecular weight is 292 g/mol. The van der Waals surface area contributed by atoms with Gasteiger partial charge in [-0.3, -0.25) is 4.90 Å². The Bertz CT molecular complexity index is 467. The summed E-state index contributed by atoms with van der Waals surface area (Å²) in [5.41, 5.74) is 1.05. The predicted octanol–water partition coefficient (Wildman–Crippen LogP) is 1.98. The fourth-order valence-electron chi connectivity index (χ4n) is 2.70. The number of hydrogen-bond donors (Lipinski definition) is 1. The van der Waals surface area contributed by atoms with E-state index in [0.717, 1.165) is 63.0 Å². The van der Waals surface area contributed by atoms with Crippen LogP contribution in [-0.2, 0) is 4.74 Å². The van der Waals surface area contributed by atoms with Crippen LogP contribution in [0, 0.1) is 0 Å². The summed E-state index contributed by atoms with van der Waals surface area (Å²) in [5.74, 6) is 1.67. The van der Waals surface area contributed by atoms with Gasteiger partial charge in [0.25, 0.3) is 0 Å². The van der Waals surface area contributed by atoms with Gasteiger partial charge in [-0.05, 0) is 18.7 Å². The number of likely N-dealkylation sites (N-methyl/N-ethyl adjacent to an activating group) is 1. The van der Waals surface area contributed by atoms with E-state index >= 15 is 0 Å². The lowest BCUT2D eigenvalue weighted by Crippen LogP contribution is -2.45. The van der Waals surface area contributed by atoms with E-state index in [-0.39, 0.29) is 6.10 Å². The molecule has 116 valence electrons. The van der Waals surface area contributed by atoms with Crippen LogP contribution in [0.2, 0.25) is 0 Å². The molecule has 2 aliphatic rings. The molecule has 1 saturated heterocycles. The van der Waals surface area contributed by atoms with E-state index < -0.39 is 0 Å². The number of ether oxygens (including phenoxy) is 3. The molecule has 1 aromatic carbocycles. The van der Waals surface area contributed by atoms with Gasteiger partial charge in [0, 0.05) is 37.8 Å². The van der Waals surface area contributed by atoms with E-state index in [1.54, 1.807) is 0 Å². The normalized spacial score (nSPS) is 22.6. The lowest BCUT2D eigenvalue weighted by molar-refractivity contribution is -0.0191. The largest absolute Gasteiger partial charge is 0.490 e. The number of hydrogen-bond acceptors (Lipinski definition) is 5. The maximum absolute atomic E-state index is 5.80. The highest BCUT2D eigenvalue weighted by molar-refractivity contribution is 5.55. The average Bonchev–Trinajstić information content (AvgIpc) is 2.78. The third-order valence-corrected chi connectivity index (χ3v) is 3.95. The first kappa shape index (κ1) is 14.5. The zero-order valence-corrected chi connectivity index (χ0v) is 12.6. The van der Waals surface area contributed by atoms with Crippen LogP contribution >= 0.6 is 0 Å². The van der Waals surface area contributed by atoms with Gasteiger partial charge in [-0.1, -0.05) is 6.92 Å². The fraction of sp³-hybridized carbons (Fsp3) is 0.625. The summed E-state index contributed by atoms with van der Waals surface area (Å²) in [6.07, 6.45) is 1.18. The smallest absolute Gasteiger partial charge is 0.163 e. The molecular formula is C16H24N2O3. The Balaban J connectivity index is 1.56. The standard InChI is InChI=1S/C16H24N2O3/c1-2-18-6-9-19-14(12-18)11-17-13-4-5-15-16(10-13)21-8-3-7-20-15/h4-5,10,14,17H,2-3,6-9,11-12H2,1H3. The highest BCUT2D eigenvalue weighted by Crippen LogP contribution is 2.32. The highest BCUT2D eigenvalue weighted by Gasteiger charge is 2.19. The summed E-state index contributed by atoms with van der Waals surface area (Å²) in [5, 5.41) is 3.44. The number of nitrogens with zero attached hydrogens (tertiary/aromatic N) is 1. The van der Waals surface area contributed by atoms with Crippen molar-refractivity contribution < 1.29 is 14.2 Å². The summed E-state index contributed by atoms with van der Waals surface area (Å²) < 4.78 is 17.2. The summed E-state index contributed by atoms with van der Waals surface area (Å²) in [4.78, 5) is 2.42. The molecule has 5 nitrogen and oxygen atoms in total. The number of anilines is 1. The van der Waals surface area contributed by atoms with Crippen molar-refractivity contribution in [1.82, 2.24) is 4.90 Å². The zero-order valence-electron chi connectivity index (χ0n) is 12.6. The van der Waals surface area contributed by atoms with Crippen molar-refractivity contribution in [3.05, 3.63) is 18.2 Å². The van der Waals surface area contributed by atoms with Crippen molar-refractivity contribution >= 4 is 5.69 Å². The molecule has 0 saturated carbocycles. The third-order valence-electron chi connectivity index (χ3n) is 3.95. The Morgan fingerprint density at radius 2 is 2.05 bits per heavy atom. The Morgan fingerprint density at radius 3 is 2.90 bits per heavy atom. The van der Waals surface area contributed by atoms with Gasteiger partial charge >= 0.3 is 0 Å². The van der Waals surface area contributed by atoms with Gasteiger partial charge < -0.3 is 19.5 Å². The van der Waals surface area contributed by atoms with E-state index in [1.165, 1.54) is 0 Å². The van der Waals surface area contributed by atoms with Crippen LogP contribution in [-0.4, -0.2) is 57.0 Å². The van der Waals surface area contributed by atoms with Crippen molar-refractivity contribution in [3.8, 4) is 11.5 Å². The highest BCUT2D eigenvalue weighted by atomic mass is 16.5. The fourth-order valence-corrected chi connectivity index (χ4v) is 2.70. The molecule has 0 radical (unpaired) electrons. The Hall–Kier alpha value is -1.46. The second-order valence-corrected chi connectivity index (χ2v) is 5.48. The molecule has 1 fully saturated rings. The van der Waals surface area contributed by atoms with Crippen LogP contribution in [0.3, 0.4) is 0 Å². The van der Waals surface area contributed by atoms with E-state index in [4.69, 9.17) is 14.2 Å². The molecular weight excluding hydrogens is 268 g/mol. The molecule has 2 aliphatic heterocycles. The molecule has 0 aliphatic carbocycles. The van der Waals surface area contributed by atoms with Gasteiger partial charge in [-0.15, -0.1) is 0 Å². The van der Waals surface area contributed by atoms with E-state index in [2.05, 4.69) is 17.1 Å². The van der Waals surface area contributed by atoms with E-state index in [0.29, 0.717) is 6.61 Å².